The van der Waals surface area contributed by atoms with E-state index in [4.69, 9.17) is 10.5 Å². The van der Waals surface area contributed by atoms with E-state index in [1.165, 1.54) is 32.2 Å². The van der Waals surface area contributed by atoms with Gasteiger partial charge < -0.3 is 10.5 Å². The fourth-order valence-corrected chi connectivity index (χ4v) is 3.55. The number of hydrogen-bond donors (Lipinski definition) is 1. The first-order valence-corrected chi connectivity index (χ1v) is 7.97. The van der Waals surface area contributed by atoms with Gasteiger partial charge in [0, 0.05) is 24.5 Å². The van der Waals surface area contributed by atoms with Gasteiger partial charge in [-0.15, -0.1) is 0 Å². The molecule has 2 atom stereocenters. The van der Waals surface area contributed by atoms with Crippen molar-refractivity contribution in [2.24, 2.45) is 11.7 Å². The third kappa shape index (κ3) is 3.32. The molecule has 2 unspecified atom stereocenters. The van der Waals surface area contributed by atoms with Crippen molar-refractivity contribution in [3.05, 3.63) is 0 Å². The fourth-order valence-electron chi connectivity index (χ4n) is 3.55. The van der Waals surface area contributed by atoms with E-state index in [0.717, 1.165) is 12.6 Å². The predicted octanol–water partition coefficient (Wildman–Crippen LogP) is 2.78. The Hall–Kier alpha value is -0.120. The zero-order valence-corrected chi connectivity index (χ0v) is 13.4. The SMILES string of the molecule is CCCCN(CC1C(N)C(C)(C)OC1(C)C)C1CC1. The molecule has 1 aliphatic heterocycles. The lowest BCUT2D eigenvalue weighted by atomic mass is 9.82. The van der Waals surface area contributed by atoms with Crippen molar-refractivity contribution >= 4 is 0 Å². The minimum atomic E-state index is -0.200. The van der Waals surface area contributed by atoms with Gasteiger partial charge in [-0.2, -0.15) is 0 Å². The lowest BCUT2D eigenvalue weighted by Crippen LogP contribution is -2.48. The van der Waals surface area contributed by atoms with Gasteiger partial charge in [0.25, 0.3) is 0 Å². The van der Waals surface area contributed by atoms with Crippen molar-refractivity contribution in [1.82, 2.24) is 4.90 Å². The van der Waals surface area contributed by atoms with Gasteiger partial charge in [0.2, 0.25) is 0 Å². The number of hydrogen-bond acceptors (Lipinski definition) is 3. The highest BCUT2D eigenvalue weighted by atomic mass is 16.5. The van der Waals surface area contributed by atoms with Crippen LogP contribution in [0.5, 0.6) is 0 Å². The van der Waals surface area contributed by atoms with Crippen LogP contribution in [0.25, 0.3) is 0 Å². The maximum atomic E-state index is 6.48. The molecule has 0 spiro atoms. The van der Waals surface area contributed by atoms with Gasteiger partial charge in [-0.25, -0.2) is 0 Å². The first-order chi connectivity index (χ1) is 8.78. The largest absolute Gasteiger partial charge is 0.368 e. The zero-order valence-electron chi connectivity index (χ0n) is 13.4. The first-order valence-electron chi connectivity index (χ1n) is 7.97. The summed E-state index contributed by atoms with van der Waals surface area (Å²) in [5, 5.41) is 0. The van der Waals surface area contributed by atoms with Crippen molar-refractivity contribution in [3.63, 3.8) is 0 Å². The van der Waals surface area contributed by atoms with E-state index in [9.17, 15) is 0 Å². The molecule has 0 aromatic rings. The molecule has 1 saturated heterocycles. The van der Waals surface area contributed by atoms with Crippen molar-refractivity contribution in [2.45, 2.75) is 83.6 Å². The van der Waals surface area contributed by atoms with Gasteiger partial charge in [0.05, 0.1) is 11.2 Å². The molecule has 2 rings (SSSR count). The summed E-state index contributed by atoms with van der Waals surface area (Å²) in [6.45, 7) is 13.3. The molecule has 19 heavy (non-hydrogen) atoms. The molecule has 0 bridgehead atoms. The standard InChI is InChI=1S/C16H32N2O/c1-6-7-10-18(12-8-9-12)11-13-14(17)16(4,5)19-15(13,2)3/h12-14H,6-11,17H2,1-5H3. The van der Waals surface area contributed by atoms with E-state index in [2.05, 4.69) is 39.5 Å². The first kappa shape index (κ1) is 15.3. The molecule has 0 amide bonds. The summed E-state index contributed by atoms with van der Waals surface area (Å²) in [7, 11) is 0. The number of rotatable bonds is 6. The van der Waals surface area contributed by atoms with Crippen LogP contribution in [0.2, 0.25) is 0 Å². The summed E-state index contributed by atoms with van der Waals surface area (Å²) in [6.07, 6.45) is 5.31. The highest BCUT2D eigenvalue weighted by Crippen LogP contribution is 2.42. The van der Waals surface area contributed by atoms with Crippen LogP contribution in [0.15, 0.2) is 0 Å². The Bertz CT molecular complexity index is 310. The third-order valence-corrected chi connectivity index (χ3v) is 4.95. The summed E-state index contributed by atoms with van der Waals surface area (Å²) in [5.41, 5.74) is 6.17. The lowest BCUT2D eigenvalue weighted by Gasteiger charge is -2.33. The van der Waals surface area contributed by atoms with E-state index in [0.29, 0.717) is 5.92 Å². The molecule has 0 radical (unpaired) electrons. The Labute approximate surface area is 118 Å². The van der Waals surface area contributed by atoms with Crippen LogP contribution in [0.3, 0.4) is 0 Å². The molecular weight excluding hydrogens is 236 g/mol. The smallest absolute Gasteiger partial charge is 0.0788 e. The maximum Gasteiger partial charge on any atom is 0.0788 e. The maximum absolute atomic E-state index is 6.48. The topological polar surface area (TPSA) is 38.5 Å². The Morgan fingerprint density at radius 2 is 1.79 bits per heavy atom. The second-order valence-electron chi connectivity index (χ2n) is 7.52. The third-order valence-electron chi connectivity index (χ3n) is 4.95. The molecule has 0 aromatic carbocycles. The van der Waals surface area contributed by atoms with Gasteiger partial charge in [0.15, 0.2) is 0 Å². The molecule has 3 heteroatoms. The normalized spacial score (nSPS) is 33.0. The van der Waals surface area contributed by atoms with Crippen molar-refractivity contribution in [1.29, 1.82) is 0 Å². The molecule has 2 fully saturated rings. The van der Waals surface area contributed by atoms with Crippen LogP contribution in [0.1, 0.15) is 60.3 Å². The molecule has 0 aromatic heterocycles. The van der Waals surface area contributed by atoms with Crippen LogP contribution >= 0.6 is 0 Å². The number of nitrogens with zero attached hydrogens (tertiary/aromatic N) is 1. The van der Waals surface area contributed by atoms with E-state index < -0.39 is 0 Å². The molecule has 1 heterocycles. The van der Waals surface area contributed by atoms with Crippen molar-refractivity contribution in [3.8, 4) is 0 Å². The Balaban J connectivity index is 2.03. The Kier molecular flexibility index (Phi) is 4.29. The number of ether oxygens (including phenoxy) is 1. The monoisotopic (exact) mass is 268 g/mol. The highest BCUT2D eigenvalue weighted by Gasteiger charge is 2.52. The van der Waals surface area contributed by atoms with E-state index in [-0.39, 0.29) is 17.2 Å². The van der Waals surface area contributed by atoms with Gasteiger partial charge in [0.1, 0.15) is 0 Å². The molecule has 1 saturated carbocycles. The summed E-state index contributed by atoms with van der Waals surface area (Å²) < 4.78 is 6.21. The van der Waals surface area contributed by atoms with E-state index >= 15 is 0 Å². The number of unbranched alkanes of at least 4 members (excludes halogenated alkanes) is 1. The van der Waals surface area contributed by atoms with Crippen LogP contribution in [-0.2, 0) is 4.74 Å². The van der Waals surface area contributed by atoms with Crippen LogP contribution in [-0.4, -0.2) is 41.3 Å². The average Bonchev–Trinajstić information content (AvgIpc) is 3.08. The second kappa shape index (κ2) is 5.34. The number of nitrogens with two attached hydrogens (primary N) is 1. The van der Waals surface area contributed by atoms with Gasteiger partial charge in [-0.05, 0) is 53.5 Å². The minimum Gasteiger partial charge on any atom is -0.368 e. The molecule has 2 aliphatic rings. The van der Waals surface area contributed by atoms with Gasteiger partial charge >= 0.3 is 0 Å². The fraction of sp³-hybridized carbons (Fsp3) is 1.00. The molecule has 3 nitrogen and oxygen atoms in total. The Morgan fingerprint density at radius 1 is 1.16 bits per heavy atom. The van der Waals surface area contributed by atoms with Gasteiger partial charge in [-0.1, -0.05) is 13.3 Å². The molecular formula is C16H32N2O. The van der Waals surface area contributed by atoms with Gasteiger partial charge in [-0.3, -0.25) is 4.90 Å². The molecule has 2 N–H and O–H groups in total. The van der Waals surface area contributed by atoms with Crippen LogP contribution in [0, 0.1) is 5.92 Å². The van der Waals surface area contributed by atoms with Crippen LogP contribution < -0.4 is 5.73 Å². The van der Waals surface area contributed by atoms with E-state index in [1.54, 1.807) is 0 Å². The Morgan fingerprint density at radius 3 is 2.21 bits per heavy atom. The second-order valence-corrected chi connectivity index (χ2v) is 7.52. The van der Waals surface area contributed by atoms with Crippen molar-refractivity contribution in [2.75, 3.05) is 13.1 Å². The molecule has 1 aliphatic carbocycles. The summed E-state index contributed by atoms with van der Waals surface area (Å²) >= 11 is 0. The lowest BCUT2D eigenvalue weighted by molar-refractivity contribution is -0.0786. The van der Waals surface area contributed by atoms with Crippen LogP contribution in [0.4, 0.5) is 0 Å². The summed E-state index contributed by atoms with van der Waals surface area (Å²) in [6, 6.07) is 0.948. The summed E-state index contributed by atoms with van der Waals surface area (Å²) in [4.78, 5) is 2.67. The highest BCUT2D eigenvalue weighted by molar-refractivity contribution is 5.05. The zero-order chi connectivity index (χ0) is 14.3. The van der Waals surface area contributed by atoms with Crippen molar-refractivity contribution < 1.29 is 4.74 Å². The predicted molar refractivity (Wildman–Crippen MR) is 80.2 cm³/mol. The van der Waals surface area contributed by atoms with E-state index in [1.807, 2.05) is 0 Å². The molecule has 112 valence electrons. The minimum absolute atomic E-state index is 0.109. The summed E-state index contributed by atoms with van der Waals surface area (Å²) in [5.74, 6) is 0.431. The quantitative estimate of drug-likeness (QED) is 0.805. The average molecular weight is 268 g/mol.